The van der Waals surface area contributed by atoms with Gasteiger partial charge in [0.05, 0.1) is 20.1 Å². The number of hydrogen-bond donors (Lipinski definition) is 0. The molecule has 0 amide bonds. The molecule has 1 aromatic carbocycles. The maximum Gasteiger partial charge on any atom is 0.306 e. The highest BCUT2D eigenvalue weighted by atomic mass is 16.5. The number of Topliss-reactive ketones (excluding diaryl/α,β-unsaturated/α-hetero) is 1. The van der Waals surface area contributed by atoms with Gasteiger partial charge in [-0.1, -0.05) is 13.8 Å². The van der Waals surface area contributed by atoms with Crippen molar-refractivity contribution in [3.05, 3.63) is 29.8 Å². The van der Waals surface area contributed by atoms with Crippen molar-refractivity contribution in [3.8, 4) is 5.75 Å². The molecule has 0 radical (unpaired) electrons. The average Bonchev–Trinajstić information content (AvgIpc) is 2.44. The first kappa shape index (κ1) is 15.2. The first-order valence-electron chi connectivity index (χ1n) is 6.42. The highest BCUT2D eigenvalue weighted by Gasteiger charge is 2.18. The third kappa shape index (κ3) is 4.73. The number of carbonyl (C=O) groups is 2. The van der Waals surface area contributed by atoms with Crippen LogP contribution in [0.1, 0.15) is 37.0 Å². The number of ether oxygens (including phenoxy) is 2. The molecule has 4 heteroatoms. The molecule has 0 aliphatic rings. The van der Waals surface area contributed by atoms with Crippen LogP contribution in [-0.2, 0) is 9.53 Å². The van der Waals surface area contributed by atoms with Gasteiger partial charge in [0, 0.05) is 11.5 Å². The third-order valence-electron chi connectivity index (χ3n) is 2.76. The van der Waals surface area contributed by atoms with Crippen LogP contribution >= 0.6 is 0 Å². The molecule has 0 heterocycles. The molecule has 1 aromatic rings. The molecule has 4 nitrogen and oxygen atoms in total. The van der Waals surface area contributed by atoms with Gasteiger partial charge in [0.2, 0.25) is 0 Å². The van der Waals surface area contributed by atoms with Gasteiger partial charge in [-0.2, -0.15) is 0 Å². The SMILES string of the molecule is CCCOc1ccc(C(=O)C(C)CC(=O)OC)cc1. The standard InChI is InChI=1S/C15H20O4/c1-4-9-19-13-7-5-12(6-8-13)15(17)11(2)10-14(16)18-3/h5-8,11H,4,9-10H2,1-3H3. The van der Waals surface area contributed by atoms with Crippen LogP contribution in [0.2, 0.25) is 0 Å². The van der Waals surface area contributed by atoms with E-state index < -0.39 is 0 Å². The topological polar surface area (TPSA) is 52.6 Å². The summed E-state index contributed by atoms with van der Waals surface area (Å²) in [4.78, 5) is 23.2. The van der Waals surface area contributed by atoms with E-state index in [0.717, 1.165) is 12.2 Å². The normalized spacial score (nSPS) is 11.7. The van der Waals surface area contributed by atoms with Gasteiger partial charge in [0.15, 0.2) is 5.78 Å². The zero-order valence-corrected chi connectivity index (χ0v) is 11.6. The molecule has 0 aliphatic carbocycles. The van der Waals surface area contributed by atoms with E-state index >= 15 is 0 Å². The van der Waals surface area contributed by atoms with Crippen LogP contribution in [0, 0.1) is 5.92 Å². The molecular formula is C15H20O4. The van der Waals surface area contributed by atoms with Crippen LogP contribution in [0.25, 0.3) is 0 Å². The lowest BCUT2D eigenvalue weighted by Crippen LogP contribution is -2.16. The molecule has 0 saturated heterocycles. The maximum atomic E-state index is 12.1. The summed E-state index contributed by atoms with van der Waals surface area (Å²) < 4.78 is 10.0. The number of hydrogen-bond acceptors (Lipinski definition) is 4. The molecule has 0 N–H and O–H groups in total. The number of esters is 1. The van der Waals surface area contributed by atoms with Gasteiger partial charge in [0.25, 0.3) is 0 Å². The lowest BCUT2D eigenvalue weighted by Gasteiger charge is -2.10. The second kappa shape index (κ2) is 7.56. The second-order valence-electron chi connectivity index (χ2n) is 4.42. The molecule has 0 fully saturated rings. The van der Waals surface area contributed by atoms with Crippen molar-refractivity contribution < 1.29 is 19.1 Å². The Balaban J connectivity index is 2.64. The number of benzene rings is 1. The summed E-state index contributed by atoms with van der Waals surface area (Å²) >= 11 is 0. The molecule has 1 unspecified atom stereocenters. The minimum atomic E-state index is -0.380. The van der Waals surface area contributed by atoms with Gasteiger partial charge in [-0.05, 0) is 30.7 Å². The first-order chi connectivity index (χ1) is 9.08. The van der Waals surface area contributed by atoms with E-state index in [0.29, 0.717) is 12.2 Å². The first-order valence-corrected chi connectivity index (χ1v) is 6.42. The molecule has 0 aliphatic heterocycles. The molecule has 0 saturated carbocycles. The van der Waals surface area contributed by atoms with E-state index in [1.807, 2.05) is 6.92 Å². The average molecular weight is 264 g/mol. The molecule has 0 aromatic heterocycles. The molecule has 0 spiro atoms. The number of methoxy groups -OCH3 is 1. The van der Waals surface area contributed by atoms with Gasteiger partial charge < -0.3 is 9.47 Å². The lowest BCUT2D eigenvalue weighted by atomic mass is 9.96. The second-order valence-corrected chi connectivity index (χ2v) is 4.42. The minimum Gasteiger partial charge on any atom is -0.494 e. The number of rotatable bonds is 7. The van der Waals surface area contributed by atoms with Crippen LogP contribution in [0.4, 0.5) is 0 Å². The molecule has 1 atom stereocenters. The van der Waals surface area contributed by atoms with Crippen molar-refractivity contribution >= 4 is 11.8 Å². The van der Waals surface area contributed by atoms with E-state index in [-0.39, 0.29) is 24.1 Å². The predicted molar refractivity (Wildman–Crippen MR) is 72.4 cm³/mol. The summed E-state index contributed by atoms with van der Waals surface area (Å²) in [5.41, 5.74) is 0.584. The van der Waals surface area contributed by atoms with Crippen molar-refractivity contribution in [3.63, 3.8) is 0 Å². The largest absolute Gasteiger partial charge is 0.494 e. The Labute approximate surface area is 113 Å². The fraction of sp³-hybridized carbons (Fsp3) is 0.467. The Morgan fingerprint density at radius 3 is 2.37 bits per heavy atom. The van der Waals surface area contributed by atoms with Crippen molar-refractivity contribution in [2.75, 3.05) is 13.7 Å². The van der Waals surface area contributed by atoms with E-state index in [1.54, 1.807) is 31.2 Å². The Morgan fingerprint density at radius 1 is 1.21 bits per heavy atom. The molecule has 19 heavy (non-hydrogen) atoms. The summed E-state index contributed by atoms with van der Waals surface area (Å²) in [7, 11) is 1.32. The quantitative estimate of drug-likeness (QED) is 0.561. The molecule has 1 rings (SSSR count). The number of ketones is 1. The summed E-state index contributed by atoms with van der Waals surface area (Å²) in [5, 5.41) is 0. The van der Waals surface area contributed by atoms with Gasteiger partial charge in [-0.25, -0.2) is 0 Å². The van der Waals surface area contributed by atoms with Crippen LogP contribution in [-0.4, -0.2) is 25.5 Å². The van der Waals surface area contributed by atoms with Crippen molar-refractivity contribution in [1.29, 1.82) is 0 Å². The molecular weight excluding hydrogens is 244 g/mol. The van der Waals surface area contributed by atoms with Crippen LogP contribution in [0.15, 0.2) is 24.3 Å². The highest BCUT2D eigenvalue weighted by Crippen LogP contribution is 2.17. The van der Waals surface area contributed by atoms with Crippen molar-refractivity contribution in [2.45, 2.75) is 26.7 Å². The van der Waals surface area contributed by atoms with Gasteiger partial charge in [-0.3, -0.25) is 9.59 Å². The van der Waals surface area contributed by atoms with Gasteiger partial charge >= 0.3 is 5.97 Å². The minimum absolute atomic E-state index is 0.0626. The zero-order valence-electron chi connectivity index (χ0n) is 11.6. The van der Waals surface area contributed by atoms with Gasteiger partial charge in [0.1, 0.15) is 5.75 Å². The highest BCUT2D eigenvalue weighted by molar-refractivity contribution is 5.99. The Morgan fingerprint density at radius 2 is 1.84 bits per heavy atom. The van der Waals surface area contributed by atoms with Crippen LogP contribution < -0.4 is 4.74 Å². The molecule has 104 valence electrons. The third-order valence-corrected chi connectivity index (χ3v) is 2.76. The number of carbonyl (C=O) groups excluding carboxylic acids is 2. The van der Waals surface area contributed by atoms with Crippen LogP contribution in [0.5, 0.6) is 5.75 Å². The smallest absolute Gasteiger partial charge is 0.306 e. The molecule has 0 bridgehead atoms. The monoisotopic (exact) mass is 264 g/mol. The summed E-state index contributed by atoms with van der Waals surface area (Å²) in [6, 6.07) is 6.99. The fourth-order valence-electron chi connectivity index (χ4n) is 1.65. The Bertz CT molecular complexity index is 422. The Kier molecular flexibility index (Phi) is 6.06. The van der Waals surface area contributed by atoms with E-state index in [2.05, 4.69) is 4.74 Å². The van der Waals surface area contributed by atoms with E-state index in [1.165, 1.54) is 7.11 Å². The predicted octanol–water partition coefficient (Wildman–Crippen LogP) is 2.86. The lowest BCUT2D eigenvalue weighted by molar-refractivity contribution is -0.141. The van der Waals surface area contributed by atoms with Crippen molar-refractivity contribution in [1.82, 2.24) is 0 Å². The zero-order chi connectivity index (χ0) is 14.3. The van der Waals surface area contributed by atoms with E-state index in [9.17, 15) is 9.59 Å². The summed E-state index contributed by atoms with van der Waals surface area (Å²) in [6.45, 7) is 4.42. The fourth-order valence-corrected chi connectivity index (χ4v) is 1.65. The maximum absolute atomic E-state index is 12.1. The summed E-state index contributed by atoms with van der Waals surface area (Å²) in [6.07, 6.45) is 1.04. The van der Waals surface area contributed by atoms with E-state index in [4.69, 9.17) is 4.74 Å². The van der Waals surface area contributed by atoms with Crippen molar-refractivity contribution in [2.24, 2.45) is 5.92 Å². The Hall–Kier alpha value is -1.84. The van der Waals surface area contributed by atoms with Crippen LogP contribution in [0.3, 0.4) is 0 Å². The summed E-state index contributed by atoms with van der Waals surface area (Å²) in [5.74, 6) is -0.0647. The van der Waals surface area contributed by atoms with Gasteiger partial charge in [-0.15, -0.1) is 0 Å².